The van der Waals surface area contributed by atoms with E-state index in [9.17, 15) is 4.79 Å². The summed E-state index contributed by atoms with van der Waals surface area (Å²) in [6, 6.07) is 11.2. The number of fused-ring (bicyclic) bond motifs is 1. The lowest BCUT2D eigenvalue weighted by Gasteiger charge is -2.36. The Hall–Kier alpha value is -3.55. The summed E-state index contributed by atoms with van der Waals surface area (Å²) in [4.78, 5) is 26.7. The first-order valence-corrected chi connectivity index (χ1v) is 10.1. The lowest BCUT2D eigenvalue weighted by molar-refractivity contribution is 0.0745. The molecule has 8 heteroatoms. The summed E-state index contributed by atoms with van der Waals surface area (Å²) >= 11 is 0. The maximum Gasteiger partial charge on any atom is 0.254 e. The molecule has 0 aliphatic carbocycles. The summed E-state index contributed by atoms with van der Waals surface area (Å²) in [5.74, 6) is 2.20. The molecule has 0 N–H and O–H groups in total. The third-order valence-electron chi connectivity index (χ3n) is 5.50. The number of carbonyl (C=O) groups is 1. The van der Waals surface area contributed by atoms with Gasteiger partial charge in [-0.1, -0.05) is 12.1 Å². The highest BCUT2D eigenvalue weighted by Crippen LogP contribution is 2.38. The number of hydrogen-bond donors (Lipinski definition) is 0. The van der Waals surface area contributed by atoms with Gasteiger partial charge in [0, 0.05) is 31.7 Å². The van der Waals surface area contributed by atoms with E-state index in [0.717, 1.165) is 22.5 Å². The summed E-state index contributed by atoms with van der Waals surface area (Å²) in [6.45, 7) is 4.52. The molecule has 1 aliphatic heterocycles. The van der Waals surface area contributed by atoms with Gasteiger partial charge in [0.25, 0.3) is 5.91 Å². The molecule has 0 unspecified atom stereocenters. The van der Waals surface area contributed by atoms with E-state index in [1.807, 2.05) is 36.1 Å². The van der Waals surface area contributed by atoms with Crippen LogP contribution in [0, 0.1) is 6.92 Å². The van der Waals surface area contributed by atoms with Gasteiger partial charge in [0.1, 0.15) is 0 Å². The highest BCUT2D eigenvalue weighted by Gasteiger charge is 2.26. The number of para-hydroxylation sites is 2. The fourth-order valence-electron chi connectivity index (χ4n) is 3.89. The van der Waals surface area contributed by atoms with E-state index in [4.69, 9.17) is 19.2 Å². The van der Waals surface area contributed by atoms with Crippen molar-refractivity contribution in [1.29, 1.82) is 0 Å². The molecule has 1 fully saturated rings. The molecule has 2 heterocycles. The number of ether oxygens (including phenoxy) is 3. The van der Waals surface area contributed by atoms with Crippen LogP contribution in [0.4, 0.5) is 5.82 Å². The number of benzene rings is 2. The van der Waals surface area contributed by atoms with Crippen molar-refractivity contribution in [3.63, 3.8) is 0 Å². The number of aryl methyl sites for hydroxylation is 1. The summed E-state index contributed by atoms with van der Waals surface area (Å²) < 4.78 is 16.1. The summed E-state index contributed by atoms with van der Waals surface area (Å²) in [6.07, 6.45) is 0. The topological polar surface area (TPSA) is 77.0 Å². The van der Waals surface area contributed by atoms with Crippen LogP contribution < -0.4 is 19.1 Å². The van der Waals surface area contributed by atoms with Crippen LogP contribution in [0.2, 0.25) is 0 Å². The Balaban J connectivity index is 1.51. The maximum absolute atomic E-state index is 13.1. The van der Waals surface area contributed by atoms with Crippen molar-refractivity contribution in [1.82, 2.24) is 14.9 Å². The van der Waals surface area contributed by atoms with Crippen LogP contribution in [0.3, 0.4) is 0 Å². The molecule has 162 valence electrons. The third kappa shape index (κ3) is 3.93. The Kier molecular flexibility index (Phi) is 5.79. The number of hydrogen-bond acceptors (Lipinski definition) is 7. The van der Waals surface area contributed by atoms with E-state index in [2.05, 4.69) is 9.88 Å². The average Bonchev–Trinajstić information content (AvgIpc) is 2.82. The normalized spacial score (nSPS) is 13.9. The van der Waals surface area contributed by atoms with Crippen molar-refractivity contribution in [2.45, 2.75) is 6.92 Å². The first kappa shape index (κ1) is 20.7. The van der Waals surface area contributed by atoms with E-state index in [-0.39, 0.29) is 5.91 Å². The largest absolute Gasteiger partial charge is 0.493 e. The predicted octanol–water partition coefficient (Wildman–Crippen LogP) is 2.93. The van der Waals surface area contributed by atoms with Crippen molar-refractivity contribution in [2.24, 2.45) is 0 Å². The van der Waals surface area contributed by atoms with Crippen LogP contribution in [-0.2, 0) is 0 Å². The van der Waals surface area contributed by atoms with E-state index >= 15 is 0 Å². The van der Waals surface area contributed by atoms with Crippen molar-refractivity contribution < 1.29 is 19.0 Å². The van der Waals surface area contributed by atoms with Gasteiger partial charge < -0.3 is 24.0 Å². The molecular formula is C23H26N4O4. The van der Waals surface area contributed by atoms with Crippen LogP contribution in [0.25, 0.3) is 11.0 Å². The van der Waals surface area contributed by atoms with E-state index in [1.165, 1.54) is 14.2 Å². The lowest BCUT2D eigenvalue weighted by Crippen LogP contribution is -2.49. The van der Waals surface area contributed by atoms with E-state index in [0.29, 0.717) is 49.0 Å². The highest BCUT2D eigenvalue weighted by molar-refractivity contribution is 5.96. The molecule has 1 amide bonds. The van der Waals surface area contributed by atoms with Gasteiger partial charge in [-0.2, -0.15) is 0 Å². The minimum absolute atomic E-state index is 0.0692. The number of methoxy groups -OCH3 is 3. The number of piperazine rings is 1. The highest BCUT2D eigenvalue weighted by atomic mass is 16.5. The van der Waals surface area contributed by atoms with Crippen molar-refractivity contribution in [3.8, 4) is 17.2 Å². The molecule has 1 aliphatic rings. The molecule has 3 aromatic rings. The maximum atomic E-state index is 13.1. The molecule has 2 aromatic carbocycles. The number of anilines is 1. The zero-order valence-electron chi connectivity index (χ0n) is 18.2. The first-order chi connectivity index (χ1) is 15.0. The first-order valence-electron chi connectivity index (χ1n) is 10.1. The smallest absolute Gasteiger partial charge is 0.254 e. The van der Waals surface area contributed by atoms with Crippen molar-refractivity contribution >= 4 is 22.8 Å². The average molecular weight is 422 g/mol. The number of amides is 1. The van der Waals surface area contributed by atoms with Gasteiger partial charge in [-0.3, -0.25) is 4.79 Å². The molecule has 4 rings (SSSR count). The van der Waals surface area contributed by atoms with Crippen LogP contribution in [0.15, 0.2) is 36.4 Å². The second-order valence-electron chi connectivity index (χ2n) is 7.31. The third-order valence-corrected chi connectivity index (χ3v) is 5.50. The van der Waals surface area contributed by atoms with Gasteiger partial charge in [0.05, 0.1) is 38.1 Å². The van der Waals surface area contributed by atoms with Gasteiger partial charge in [0.2, 0.25) is 5.75 Å². The molecule has 1 saturated heterocycles. The molecule has 0 spiro atoms. The molecule has 1 aromatic heterocycles. The van der Waals surface area contributed by atoms with Crippen LogP contribution in [0.1, 0.15) is 16.1 Å². The molecule has 0 bridgehead atoms. The standard InChI is InChI=1S/C23H26N4O4/c1-15-22(25-18-8-6-5-7-17(18)24-15)26-9-11-27(12-10-26)23(28)16-13-19(29-2)21(31-4)20(14-16)30-3/h5-8,13-14H,9-12H2,1-4H3. The van der Waals surface area contributed by atoms with Crippen molar-refractivity contribution in [2.75, 3.05) is 52.4 Å². The van der Waals surface area contributed by atoms with Crippen LogP contribution in [0.5, 0.6) is 17.2 Å². The van der Waals surface area contributed by atoms with E-state index in [1.54, 1.807) is 19.2 Å². The minimum atomic E-state index is -0.0692. The molecule has 8 nitrogen and oxygen atoms in total. The summed E-state index contributed by atoms with van der Waals surface area (Å²) in [5, 5.41) is 0. The Morgan fingerprint density at radius 3 is 2.00 bits per heavy atom. The molecule has 0 atom stereocenters. The van der Waals surface area contributed by atoms with Crippen molar-refractivity contribution in [3.05, 3.63) is 47.7 Å². The Morgan fingerprint density at radius 2 is 1.45 bits per heavy atom. The molecular weight excluding hydrogens is 396 g/mol. The quantitative estimate of drug-likeness (QED) is 0.626. The van der Waals surface area contributed by atoms with Gasteiger partial charge >= 0.3 is 0 Å². The molecule has 0 saturated carbocycles. The van der Waals surface area contributed by atoms with Gasteiger partial charge in [-0.05, 0) is 31.2 Å². The fraction of sp³-hybridized carbons (Fsp3) is 0.348. The second-order valence-corrected chi connectivity index (χ2v) is 7.31. The fourth-order valence-corrected chi connectivity index (χ4v) is 3.89. The number of carbonyl (C=O) groups excluding carboxylic acids is 1. The second kappa shape index (κ2) is 8.67. The summed E-state index contributed by atoms with van der Waals surface area (Å²) in [5.41, 5.74) is 3.16. The number of nitrogens with zero attached hydrogens (tertiary/aromatic N) is 4. The van der Waals surface area contributed by atoms with E-state index < -0.39 is 0 Å². The summed E-state index contributed by atoms with van der Waals surface area (Å²) in [7, 11) is 4.62. The van der Waals surface area contributed by atoms with Gasteiger partial charge in [-0.25, -0.2) is 9.97 Å². The molecule has 31 heavy (non-hydrogen) atoms. The van der Waals surface area contributed by atoms with Crippen LogP contribution in [-0.4, -0.2) is 68.3 Å². The SMILES string of the molecule is COc1cc(C(=O)N2CCN(c3nc4ccccc4nc3C)CC2)cc(OC)c1OC. The zero-order valence-corrected chi connectivity index (χ0v) is 18.2. The Bertz CT molecular complexity index is 1080. The van der Waals surface area contributed by atoms with Gasteiger partial charge in [0.15, 0.2) is 17.3 Å². The predicted molar refractivity (Wildman–Crippen MR) is 118 cm³/mol. The minimum Gasteiger partial charge on any atom is -0.493 e. The number of rotatable bonds is 5. The monoisotopic (exact) mass is 422 g/mol. The number of aromatic nitrogens is 2. The zero-order chi connectivity index (χ0) is 22.0. The Labute approximate surface area is 181 Å². The van der Waals surface area contributed by atoms with Crippen LogP contribution >= 0.6 is 0 Å². The molecule has 0 radical (unpaired) electrons. The van der Waals surface area contributed by atoms with Gasteiger partial charge in [-0.15, -0.1) is 0 Å². The lowest BCUT2D eigenvalue weighted by atomic mass is 10.1. The Morgan fingerprint density at radius 1 is 0.871 bits per heavy atom.